The zero-order valence-corrected chi connectivity index (χ0v) is 10.3. The molecule has 0 aromatic carbocycles. The van der Waals surface area contributed by atoms with Crippen LogP contribution in [0.4, 0.5) is 0 Å². The molecule has 1 fully saturated rings. The van der Waals surface area contributed by atoms with Crippen LogP contribution in [0.3, 0.4) is 0 Å². The molecule has 0 bridgehead atoms. The van der Waals surface area contributed by atoms with Gasteiger partial charge in [0, 0.05) is 18.9 Å². The maximum absolute atomic E-state index is 12.2. The molecule has 0 saturated carbocycles. The van der Waals surface area contributed by atoms with E-state index in [4.69, 9.17) is 0 Å². The first-order valence-corrected chi connectivity index (χ1v) is 5.89. The van der Waals surface area contributed by atoms with E-state index in [1.165, 1.54) is 0 Å². The number of rotatable bonds is 2. The molecule has 92 valence electrons. The van der Waals surface area contributed by atoms with Crippen LogP contribution in [0.5, 0.6) is 0 Å². The van der Waals surface area contributed by atoms with Crippen LogP contribution in [-0.4, -0.2) is 39.1 Å². The summed E-state index contributed by atoms with van der Waals surface area (Å²) < 4.78 is 0. The molecular weight excluding hydrogens is 216 g/mol. The van der Waals surface area contributed by atoms with Crippen molar-refractivity contribution in [2.24, 2.45) is 0 Å². The molecule has 1 amide bonds. The van der Waals surface area contributed by atoms with Gasteiger partial charge >= 0.3 is 0 Å². The SMILES string of the molecule is CC1(C)C(O)CCN1C(=O)Cc1cccnc1. The molecule has 0 spiro atoms. The second-order valence-electron chi connectivity index (χ2n) is 5.04. The van der Waals surface area contributed by atoms with Gasteiger partial charge in [-0.05, 0) is 31.9 Å². The minimum atomic E-state index is -0.459. The topological polar surface area (TPSA) is 53.4 Å². The Morgan fingerprint density at radius 2 is 2.41 bits per heavy atom. The maximum atomic E-state index is 12.2. The van der Waals surface area contributed by atoms with Crippen molar-refractivity contribution >= 4 is 5.91 Å². The number of likely N-dealkylation sites (tertiary alicyclic amines) is 1. The van der Waals surface area contributed by atoms with E-state index in [0.29, 0.717) is 19.4 Å². The van der Waals surface area contributed by atoms with E-state index in [1.807, 2.05) is 26.0 Å². The van der Waals surface area contributed by atoms with E-state index in [-0.39, 0.29) is 5.91 Å². The van der Waals surface area contributed by atoms with Crippen LogP contribution in [0.2, 0.25) is 0 Å². The summed E-state index contributed by atoms with van der Waals surface area (Å²) in [5.41, 5.74) is 0.453. The molecule has 1 N–H and O–H groups in total. The zero-order valence-electron chi connectivity index (χ0n) is 10.3. The van der Waals surface area contributed by atoms with Gasteiger partial charge in [-0.2, -0.15) is 0 Å². The molecule has 17 heavy (non-hydrogen) atoms. The molecule has 2 rings (SSSR count). The van der Waals surface area contributed by atoms with Crippen LogP contribution in [0.15, 0.2) is 24.5 Å². The first kappa shape index (κ1) is 12.0. The summed E-state index contributed by atoms with van der Waals surface area (Å²) in [7, 11) is 0. The Balaban J connectivity index is 2.07. The van der Waals surface area contributed by atoms with Crippen molar-refractivity contribution in [3.8, 4) is 0 Å². The molecule has 0 radical (unpaired) electrons. The second kappa shape index (κ2) is 4.45. The van der Waals surface area contributed by atoms with Crippen molar-refractivity contribution in [3.05, 3.63) is 30.1 Å². The molecule has 4 nitrogen and oxygen atoms in total. The zero-order chi connectivity index (χ0) is 12.5. The van der Waals surface area contributed by atoms with E-state index in [2.05, 4.69) is 4.98 Å². The quantitative estimate of drug-likeness (QED) is 0.830. The number of aliphatic hydroxyl groups excluding tert-OH is 1. The number of nitrogens with zero attached hydrogens (tertiary/aromatic N) is 2. The van der Waals surface area contributed by atoms with Crippen molar-refractivity contribution in [1.29, 1.82) is 0 Å². The monoisotopic (exact) mass is 234 g/mol. The molecule has 1 saturated heterocycles. The predicted molar refractivity (Wildman–Crippen MR) is 64.4 cm³/mol. The maximum Gasteiger partial charge on any atom is 0.227 e. The third kappa shape index (κ3) is 2.31. The van der Waals surface area contributed by atoms with Crippen LogP contribution in [0.25, 0.3) is 0 Å². The van der Waals surface area contributed by atoms with E-state index in [0.717, 1.165) is 5.56 Å². The summed E-state index contributed by atoms with van der Waals surface area (Å²) in [6.07, 6.45) is 3.98. The van der Waals surface area contributed by atoms with Crippen molar-refractivity contribution in [2.45, 2.75) is 38.3 Å². The van der Waals surface area contributed by atoms with Gasteiger partial charge in [0.25, 0.3) is 0 Å². The normalized spacial score (nSPS) is 22.8. The van der Waals surface area contributed by atoms with Gasteiger partial charge < -0.3 is 10.0 Å². The standard InChI is InChI=1S/C13H18N2O2/c1-13(2)11(16)5-7-15(13)12(17)8-10-4-3-6-14-9-10/h3-4,6,9,11,16H,5,7-8H2,1-2H3. The minimum absolute atomic E-state index is 0.0551. The molecule has 0 aliphatic carbocycles. The smallest absolute Gasteiger partial charge is 0.227 e. The second-order valence-corrected chi connectivity index (χ2v) is 5.04. The van der Waals surface area contributed by atoms with Gasteiger partial charge in [0.05, 0.1) is 18.1 Å². The molecule has 4 heteroatoms. The number of hydrogen-bond acceptors (Lipinski definition) is 3. The third-order valence-corrected chi connectivity index (χ3v) is 3.52. The van der Waals surface area contributed by atoms with Crippen molar-refractivity contribution in [3.63, 3.8) is 0 Å². The Morgan fingerprint density at radius 1 is 1.65 bits per heavy atom. The van der Waals surface area contributed by atoms with Gasteiger partial charge in [0.15, 0.2) is 0 Å². The highest BCUT2D eigenvalue weighted by Crippen LogP contribution is 2.29. The van der Waals surface area contributed by atoms with E-state index in [9.17, 15) is 9.90 Å². The number of hydrogen-bond donors (Lipinski definition) is 1. The number of aromatic nitrogens is 1. The average Bonchev–Trinajstić information content (AvgIpc) is 2.55. The lowest BCUT2D eigenvalue weighted by Crippen LogP contribution is -2.48. The number of amides is 1. The molecule has 2 heterocycles. The Hall–Kier alpha value is -1.42. The fourth-order valence-electron chi connectivity index (χ4n) is 2.29. The predicted octanol–water partition coefficient (Wildman–Crippen LogP) is 0.996. The van der Waals surface area contributed by atoms with Crippen molar-refractivity contribution in [2.75, 3.05) is 6.54 Å². The van der Waals surface area contributed by atoms with Gasteiger partial charge in [-0.1, -0.05) is 6.07 Å². The Kier molecular flexibility index (Phi) is 3.15. The summed E-state index contributed by atoms with van der Waals surface area (Å²) in [4.78, 5) is 17.9. The molecule has 1 unspecified atom stereocenters. The fraction of sp³-hybridized carbons (Fsp3) is 0.538. The highest BCUT2D eigenvalue weighted by atomic mass is 16.3. The van der Waals surface area contributed by atoms with Crippen LogP contribution in [0, 0.1) is 0 Å². The highest BCUT2D eigenvalue weighted by molar-refractivity contribution is 5.79. The highest BCUT2D eigenvalue weighted by Gasteiger charge is 2.42. The number of pyridine rings is 1. The van der Waals surface area contributed by atoms with Gasteiger partial charge in [-0.15, -0.1) is 0 Å². The van der Waals surface area contributed by atoms with E-state index in [1.54, 1.807) is 17.3 Å². The van der Waals surface area contributed by atoms with Crippen LogP contribution in [-0.2, 0) is 11.2 Å². The lowest BCUT2D eigenvalue weighted by Gasteiger charge is -2.33. The largest absolute Gasteiger partial charge is 0.391 e. The van der Waals surface area contributed by atoms with Crippen LogP contribution >= 0.6 is 0 Å². The molecule has 1 aromatic heterocycles. The summed E-state index contributed by atoms with van der Waals surface area (Å²) >= 11 is 0. The van der Waals surface area contributed by atoms with E-state index >= 15 is 0 Å². The van der Waals surface area contributed by atoms with Crippen molar-refractivity contribution in [1.82, 2.24) is 9.88 Å². The molecule has 1 aromatic rings. The molecule has 1 aliphatic heterocycles. The van der Waals surface area contributed by atoms with E-state index < -0.39 is 11.6 Å². The molecular formula is C13H18N2O2. The van der Waals surface area contributed by atoms with Crippen LogP contribution < -0.4 is 0 Å². The van der Waals surface area contributed by atoms with Crippen LogP contribution in [0.1, 0.15) is 25.8 Å². The Bertz CT molecular complexity index is 403. The lowest BCUT2D eigenvalue weighted by atomic mass is 9.98. The summed E-state index contributed by atoms with van der Waals surface area (Å²) in [6.45, 7) is 4.45. The lowest BCUT2D eigenvalue weighted by molar-refractivity contribution is -0.135. The number of carbonyl (C=O) groups is 1. The number of aliphatic hydroxyl groups is 1. The minimum Gasteiger partial charge on any atom is -0.391 e. The fourth-order valence-corrected chi connectivity index (χ4v) is 2.29. The summed E-state index contributed by atoms with van der Waals surface area (Å²) in [5, 5.41) is 9.84. The van der Waals surface area contributed by atoms with Gasteiger partial charge in [0.1, 0.15) is 0 Å². The first-order valence-electron chi connectivity index (χ1n) is 5.89. The van der Waals surface area contributed by atoms with Crippen molar-refractivity contribution < 1.29 is 9.90 Å². The van der Waals surface area contributed by atoms with Gasteiger partial charge in [-0.25, -0.2) is 0 Å². The first-order chi connectivity index (χ1) is 8.01. The summed E-state index contributed by atoms with van der Waals surface area (Å²) in [6, 6.07) is 3.72. The average molecular weight is 234 g/mol. The molecule has 1 atom stereocenters. The molecule has 1 aliphatic rings. The van der Waals surface area contributed by atoms with Gasteiger partial charge in [0.2, 0.25) is 5.91 Å². The van der Waals surface area contributed by atoms with Gasteiger partial charge in [-0.3, -0.25) is 9.78 Å². The number of carbonyl (C=O) groups excluding carboxylic acids is 1. The third-order valence-electron chi connectivity index (χ3n) is 3.52. The Labute approximate surface area is 101 Å². The summed E-state index contributed by atoms with van der Waals surface area (Å²) in [5.74, 6) is 0.0551. The Morgan fingerprint density at radius 3 is 2.94 bits per heavy atom.